The van der Waals surface area contributed by atoms with Crippen molar-refractivity contribution in [2.24, 2.45) is 0 Å². The van der Waals surface area contributed by atoms with E-state index in [1.165, 1.54) is 6.20 Å². The van der Waals surface area contributed by atoms with Gasteiger partial charge in [0.25, 0.3) is 0 Å². The van der Waals surface area contributed by atoms with Crippen molar-refractivity contribution in [2.75, 3.05) is 42.2 Å². The van der Waals surface area contributed by atoms with Crippen molar-refractivity contribution < 1.29 is 27.4 Å². The molecule has 2 aliphatic rings. The van der Waals surface area contributed by atoms with Crippen LogP contribution in [0.15, 0.2) is 18.3 Å². The number of nitrogens with zero attached hydrogens (tertiary/aromatic N) is 3. The quantitative estimate of drug-likeness (QED) is 0.588. The fourth-order valence-electron chi connectivity index (χ4n) is 4.35. The Morgan fingerprint density at radius 3 is 2.47 bits per heavy atom. The van der Waals surface area contributed by atoms with Crippen molar-refractivity contribution in [3.63, 3.8) is 0 Å². The summed E-state index contributed by atoms with van der Waals surface area (Å²) in [5.41, 5.74) is 0.475. The molecule has 1 saturated carbocycles. The summed E-state index contributed by atoms with van der Waals surface area (Å²) in [5, 5.41) is 3.58. The Hall–Kier alpha value is -2.86. The molecule has 36 heavy (non-hydrogen) atoms. The molecule has 4 rings (SSSR count). The van der Waals surface area contributed by atoms with Crippen molar-refractivity contribution >= 4 is 38.5 Å². The van der Waals surface area contributed by atoms with E-state index in [-0.39, 0.29) is 12.1 Å². The van der Waals surface area contributed by atoms with E-state index in [4.69, 9.17) is 19.2 Å². The summed E-state index contributed by atoms with van der Waals surface area (Å²) < 4.78 is 43.2. The average molecular weight is 522 g/mol. The highest BCUT2D eigenvalue weighted by Crippen LogP contribution is 2.32. The molecule has 2 aromatic rings. The van der Waals surface area contributed by atoms with Gasteiger partial charge in [-0.2, -0.15) is 4.98 Å². The number of nitrogens with one attached hydrogen (secondary N) is 2. The Labute approximate surface area is 212 Å². The van der Waals surface area contributed by atoms with E-state index >= 15 is 0 Å². The second-order valence-corrected chi connectivity index (χ2v) is 12.0. The normalized spacial score (nSPS) is 21.2. The highest BCUT2D eigenvalue weighted by molar-refractivity contribution is 7.92. The standard InChI is InChI=1S/C24H35N5O6S/c1-24(2,3)35-23(30)26-16-5-7-18(8-6-16)34-22-19-13-17(28-36(4,31)32)15-25-20(19)14-21(27-22)29-9-11-33-12-10-29/h13-16,18,28H,5-12H2,1-4H3,(H,26,30). The lowest BCUT2D eigenvalue weighted by Crippen LogP contribution is -2.42. The average Bonchev–Trinajstić information content (AvgIpc) is 2.79. The summed E-state index contributed by atoms with van der Waals surface area (Å²) in [4.78, 5) is 23.5. The second kappa shape index (κ2) is 10.6. The maximum absolute atomic E-state index is 12.1. The van der Waals surface area contributed by atoms with Gasteiger partial charge < -0.3 is 24.4 Å². The van der Waals surface area contributed by atoms with Crippen LogP contribution < -0.4 is 19.7 Å². The minimum absolute atomic E-state index is 0.0244. The molecule has 0 atom stereocenters. The number of sulfonamides is 1. The second-order valence-electron chi connectivity index (χ2n) is 10.3. The van der Waals surface area contributed by atoms with Crippen LogP contribution in [-0.4, -0.2) is 74.8 Å². The summed E-state index contributed by atoms with van der Waals surface area (Å²) >= 11 is 0. The molecule has 1 saturated heterocycles. The van der Waals surface area contributed by atoms with Gasteiger partial charge in [-0.15, -0.1) is 0 Å². The third-order valence-electron chi connectivity index (χ3n) is 5.94. The van der Waals surface area contributed by atoms with Gasteiger partial charge in [0.05, 0.1) is 42.3 Å². The summed E-state index contributed by atoms with van der Waals surface area (Å²) in [6.07, 6.45) is 5.06. The third-order valence-corrected chi connectivity index (χ3v) is 6.55. The largest absolute Gasteiger partial charge is 0.474 e. The Morgan fingerprint density at radius 1 is 1.14 bits per heavy atom. The summed E-state index contributed by atoms with van der Waals surface area (Å²) in [7, 11) is -3.46. The third kappa shape index (κ3) is 7.33. The first-order valence-electron chi connectivity index (χ1n) is 12.2. The van der Waals surface area contributed by atoms with Crippen LogP contribution in [0.25, 0.3) is 10.9 Å². The molecule has 0 unspecified atom stereocenters. The number of hydrogen-bond acceptors (Lipinski definition) is 9. The first kappa shape index (κ1) is 26.2. The molecule has 11 nitrogen and oxygen atoms in total. The minimum atomic E-state index is -3.46. The first-order chi connectivity index (χ1) is 16.9. The lowest BCUT2D eigenvalue weighted by molar-refractivity contribution is 0.0470. The fraction of sp³-hybridized carbons (Fsp3) is 0.625. The van der Waals surface area contributed by atoms with Crippen LogP contribution in [0.4, 0.5) is 16.3 Å². The van der Waals surface area contributed by atoms with Crippen LogP contribution in [-0.2, 0) is 19.5 Å². The molecule has 198 valence electrons. The molecule has 2 N–H and O–H groups in total. The van der Waals surface area contributed by atoms with Gasteiger partial charge in [-0.05, 0) is 52.5 Å². The number of carbonyl (C=O) groups is 1. The topological polar surface area (TPSA) is 132 Å². The van der Waals surface area contributed by atoms with Crippen LogP contribution in [0.1, 0.15) is 46.5 Å². The van der Waals surface area contributed by atoms with Crippen LogP contribution in [0.3, 0.4) is 0 Å². The molecule has 0 aromatic carbocycles. The maximum atomic E-state index is 12.1. The first-order valence-corrected chi connectivity index (χ1v) is 14.1. The van der Waals surface area contributed by atoms with E-state index in [0.29, 0.717) is 48.8 Å². The molecule has 1 amide bonds. The maximum Gasteiger partial charge on any atom is 0.407 e. The molecule has 1 aliphatic carbocycles. The van der Waals surface area contributed by atoms with Gasteiger partial charge in [-0.1, -0.05) is 0 Å². The molecule has 3 heterocycles. The van der Waals surface area contributed by atoms with Crippen molar-refractivity contribution in [3.05, 3.63) is 18.3 Å². The van der Waals surface area contributed by atoms with E-state index in [0.717, 1.165) is 37.8 Å². The summed E-state index contributed by atoms with van der Waals surface area (Å²) in [5.74, 6) is 1.17. The number of amides is 1. The van der Waals surface area contributed by atoms with Crippen LogP contribution >= 0.6 is 0 Å². The van der Waals surface area contributed by atoms with E-state index in [2.05, 4.69) is 19.9 Å². The highest BCUT2D eigenvalue weighted by Gasteiger charge is 2.27. The molecular weight excluding hydrogens is 486 g/mol. The monoisotopic (exact) mass is 521 g/mol. The predicted molar refractivity (Wildman–Crippen MR) is 137 cm³/mol. The van der Waals surface area contributed by atoms with Crippen molar-refractivity contribution in [1.82, 2.24) is 15.3 Å². The van der Waals surface area contributed by atoms with Gasteiger partial charge in [0.15, 0.2) is 0 Å². The van der Waals surface area contributed by atoms with Gasteiger partial charge in [-0.3, -0.25) is 9.71 Å². The highest BCUT2D eigenvalue weighted by atomic mass is 32.2. The molecule has 2 aromatic heterocycles. The lowest BCUT2D eigenvalue weighted by atomic mass is 9.93. The molecule has 1 aliphatic heterocycles. The number of hydrogen-bond donors (Lipinski definition) is 2. The van der Waals surface area contributed by atoms with Gasteiger partial charge in [0.2, 0.25) is 15.9 Å². The zero-order valence-corrected chi connectivity index (χ0v) is 22.1. The SMILES string of the molecule is CC(C)(C)OC(=O)NC1CCC(Oc2nc(N3CCOCC3)cc3ncc(NS(C)(=O)=O)cc23)CC1. The smallest absolute Gasteiger partial charge is 0.407 e. The number of carbonyl (C=O) groups excluding carboxylic acids is 1. The lowest BCUT2D eigenvalue weighted by Gasteiger charge is -2.31. The molecule has 2 fully saturated rings. The Kier molecular flexibility index (Phi) is 7.74. The zero-order valence-electron chi connectivity index (χ0n) is 21.2. The molecular formula is C24H35N5O6S. The van der Waals surface area contributed by atoms with E-state index in [1.807, 2.05) is 26.8 Å². The van der Waals surface area contributed by atoms with Crippen LogP contribution in [0, 0.1) is 0 Å². The Bertz CT molecular complexity index is 1190. The molecule has 0 spiro atoms. The van der Waals surface area contributed by atoms with Gasteiger partial charge >= 0.3 is 6.09 Å². The van der Waals surface area contributed by atoms with E-state index < -0.39 is 21.7 Å². The number of rotatable bonds is 6. The number of anilines is 2. The number of morpholine rings is 1. The molecule has 0 bridgehead atoms. The Balaban J connectivity index is 1.52. The molecule has 12 heteroatoms. The number of aromatic nitrogens is 2. The van der Waals surface area contributed by atoms with Crippen LogP contribution in [0.2, 0.25) is 0 Å². The summed E-state index contributed by atoms with van der Waals surface area (Å²) in [6.45, 7) is 8.19. The number of alkyl carbamates (subject to hydrolysis) is 1. The van der Waals surface area contributed by atoms with Gasteiger partial charge in [-0.25, -0.2) is 13.2 Å². The minimum Gasteiger partial charge on any atom is -0.474 e. The van der Waals surface area contributed by atoms with Gasteiger partial charge in [0.1, 0.15) is 17.5 Å². The van der Waals surface area contributed by atoms with Gasteiger partial charge in [0, 0.05) is 25.2 Å². The summed E-state index contributed by atoms with van der Waals surface area (Å²) in [6, 6.07) is 3.61. The van der Waals surface area contributed by atoms with Crippen molar-refractivity contribution in [1.29, 1.82) is 0 Å². The number of ether oxygens (including phenoxy) is 3. The predicted octanol–water partition coefficient (Wildman–Crippen LogP) is 3.05. The van der Waals surface area contributed by atoms with E-state index in [1.54, 1.807) is 6.07 Å². The zero-order chi connectivity index (χ0) is 25.9. The van der Waals surface area contributed by atoms with Crippen LogP contribution in [0.5, 0.6) is 5.88 Å². The number of pyridine rings is 2. The van der Waals surface area contributed by atoms with Crippen molar-refractivity contribution in [2.45, 2.75) is 64.2 Å². The Morgan fingerprint density at radius 2 is 1.83 bits per heavy atom. The van der Waals surface area contributed by atoms with Crippen molar-refractivity contribution in [3.8, 4) is 5.88 Å². The fourth-order valence-corrected chi connectivity index (χ4v) is 4.89. The molecule has 0 radical (unpaired) electrons. The number of fused-ring (bicyclic) bond motifs is 1. The van der Waals surface area contributed by atoms with E-state index in [9.17, 15) is 13.2 Å².